The van der Waals surface area contributed by atoms with E-state index in [2.05, 4.69) is 14.4 Å². The molecule has 48 heavy (non-hydrogen) atoms. The molecular formula is C35H36ClFN4O7. The van der Waals surface area contributed by atoms with Crippen LogP contribution in [0.3, 0.4) is 0 Å². The molecule has 1 aromatic heterocycles. The van der Waals surface area contributed by atoms with Gasteiger partial charge in [0.25, 0.3) is 5.79 Å². The lowest BCUT2D eigenvalue weighted by atomic mass is 10.0. The standard InChI is InChI=1S/C35H36ClFN4O7/c1-35(23-9-8-21(36)15-24(23)37)47-29-7-3-6-25(33(29)48-35)40-11-10-39(27-18-45-19-28(27)40)17-31-38-32-26(41(31)16-22-5-4-12-46-22)13-20(34(42)43)14-30(32)44-2/h3,6-9,13-15,22,27-28H,4-5,10-12,16-19H2,1-2H3,(H,42,43)/t22-,27-,28+,35+/m0/s1. The monoisotopic (exact) mass is 678 g/mol. The number of hydrogen-bond acceptors (Lipinski definition) is 9. The first-order chi connectivity index (χ1) is 23.2. The molecule has 3 aromatic carbocycles. The predicted molar refractivity (Wildman–Crippen MR) is 175 cm³/mol. The van der Waals surface area contributed by atoms with Gasteiger partial charge < -0.3 is 38.3 Å². The molecule has 0 aliphatic carbocycles. The van der Waals surface area contributed by atoms with Crippen LogP contribution in [0.15, 0.2) is 48.5 Å². The number of para-hydroxylation sites is 1. The average Bonchev–Trinajstić information content (AvgIpc) is 3.87. The van der Waals surface area contributed by atoms with Crippen LogP contribution in [0.25, 0.3) is 11.0 Å². The minimum absolute atomic E-state index is 0.0112. The van der Waals surface area contributed by atoms with Crippen molar-refractivity contribution in [1.82, 2.24) is 14.5 Å². The number of fused-ring (bicyclic) bond motifs is 3. The summed E-state index contributed by atoms with van der Waals surface area (Å²) >= 11 is 6.02. The third kappa shape index (κ3) is 5.31. The Morgan fingerprint density at radius 2 is 2.00 bits per heavy atom. The van der Waals surface area contributed by atoms with Gasteiger partial charge in [-0.2, -0.15) is 0 Å². The molecule has 3 saturated heterocycles. The highest BCUT2D eigenvalue weighted by molar-refractivity contribution is 6.30. The van der Waals surface area contributed by atoms with Crippen molar-refractivity contribution in [1.29, 1.82) is 0 Å². The second-order valence-corrected chi connectivity index (χ2v) is 13.3. The molecule has 0 amide bonds. The van der Waals surface area contributed by atoms with Gasteiger partial charge in [0, 0.05) is 31.6 Å². The molecule has 4 aromatic rings. The van der Waals surface area contributed by atoms with Crippen molar-refractivity contribution in [2.45, 2.75) is 56.8 Å². The first-order valence-electron chi connectivity index (χ1n) is 16.2. The smallest absolute Gasteiger partial charge is 0.335 e. The van der Waals surface area contributed by atoms with Crippen molar-refractivity contribution in [3.63, 3.8) is 0 Å². The second kappa shape index (κ2) is 12.1. The van der Waals surface area contributed by atoms with Gasteiger partial charge >= 0.3 is 5.97 Å². The van der Waals surface area contributed by atoms with E-state index in [0.717, 1.165) is 24.4 Å². The van der Waals surface area contributed by atoms with Gasteiger partial charge in [-0.05, 0) is 55.3 Å². The highest BCUT2D eigenvalue weighted by Crippen LogP contribution is 2.51. The molecule has 5 heterocycles. The van der Waals surface area contributed by atoms with E-state index in [4.69, 9.17) is 40.3 Å². The Bertz CT molecular complexity index is 1900. The average molecular weight is 679 g/mol. The number of aromatic carboxylic acids is 1. The zero-order valence-electron chi connectivity index (χ0n) is 26.7. The van der Waals surface area contributed by atoms with Crippen molar-refractivity contribution in [3.8, 4) is 17.2 Å². The van der Waals surface area contributed by atoms with E-state index in [9.17, 15) is 9.90 Å². The number of nitrogens with zero attached hydrogens (tertiary/aromatic N) is 4. The maximum absolute atomic E-state index is 15.0. The Balaban J connectivity index is 1.09. The number of ether oxygens (including phenoxy) is 5. The molecule has 0 radical (unpaired) electrons. The Labute approximate surface area is 281 Å². The third-order valence-corrected chi connectivity index (χ3v) is 10.2. The summed E-state index contributed by atoms with van der Waals surface area (Å²) in [6.07, 6.45) is 1.95. The number of imidazole rings is 1. The van der Waals surface area contributed by atoms with E-state index >= 15 is 4.39 Å². The van der Waals surface area contributed by atoms with E-state index in [1.54, 1.807) is 25.1 Å². The Morgan fingerprint density at radius 1 is 1.15 bits per heavy atom. The van der Waals surface area contributed by atoms with E-state index in [1.807, 2.05) is 18.2 Å². The summed E-state index contributed by atoms with van der Waals surface area (Å²) in [5.74, 6) is -0.533. The summed E-state index contributed by atoms with van der Waals surface area (Å²) in [5.41, 5.74) is 2.62. The number of carboxylic acid groups (broad SMARTS) is 1. The molecule has 0 saturated carbocycles. The van der Waals surface area contributed by atoms with Crippen molar-refractivity contribution < 1.29 is 38.0 Å². The van der Waals surface area contributed by atoms with Gasteiger partial charge in [0.1, 0.15) is 22.9 Å². The fourth-order valence-corrected chi connectivity index (χ4v) is 7.72. The lowest BCUT2D eigenvalue weighted by molar-refractivity contribution is -0.0705. The van der Waals surface area contributed by atoms with Gasteiger partial charge in [0.05, 0.1) is 73.9 Å². The number of rotatable bonds is 8. The molecule has 11 nitrogen and oxygen atoms in total. The zero-order valence-corrected chi connectivity index (χ0v) is 27.4. The minimum atomic E-state index is -1.36. The van der Waals surface area contributed by atoms with Crippen LogP contribution in [-0.4, -0.2) is 83.7 Å². The molecule has 8 rings (SSSR count). The van der Waals surface area contributed by atoms with Gasteiger partial charge in [0.2, 0.25) is 0 Å². The minimum Gasteiger partial charge on any atom is -0.494 e. The van der Waals surface area contributed by atoms with E-state index in [-0.39, 0.29) is 29.3 Å². The van der Waals surface area contributed by atoms with E-state index < -0.39 is 17.6 Å². The van der Waals surface area contributed by atoms with Crippen LogP contribution in [-0.2, 0) is 28.4 Å². The molecule has 4 aliphatic rings. The molecular weight excluding hydrogens is 643 g/mol. The van der Waals surface area contributed by atoms with Gasteiger partial charge in [-0.25, -0.2) is 14.2 Å². The number of anilines is 1. The highest BCUT2D eigenvalue weighted by atomic mass is 35.5. The number of benzene rings is 3. The Kier molecular flexibility index (Phi) is 7.86. The van der Waals surface area contributed by atoms with Gasteiger partial charge in [-0.15, -0.1) is 0 Å². The molecule has 4 atom stereocenters. The quantitative estimate of drug-likeness (QED) is 0.259. The first kappa shape index (κ1) is 31.2. The molecule has 1 N–H and O–H groups in total. The highest BCUT2D eigenvalue weighted by Gasteiger charge is 2.46. The van der Waals surface area contributed by atoms with Gasteiger partial charge in [-0.3, -0.25) is 4.90 Å². The molecule has 0 spiro atoms. The number of aromatic nitrogens is 2. The largest absolute Gasteiger partial charge is 0.494 e. The Hall–Kier alpha value is -4.10. The summed E-state index contributed by atoms with van der Waals surface area (Å²) in [5, 5.41) is 10.1. The van der Waals surface area contributed by atoms with Gasteiger partial charge in [0.15, 0.2) is 11.5 Å². The van der Waals surface area contributed by atoms with Crippen molar-refractivity contribution in [2.24, 2.45) is 0 Å². The molecule has 0 unspecified atom stereocenters. The fourth-order valence-electron chi connectivity index (χ4n) is 7.56. The van der Waals surface area contributed by atoms with Crippen LogP contribution in [0.4, 0.5) is 10.1 Å². The van der Waals surface area contributed by atoms with Crippen LogP contribution < -0.4 is 19.1 Å². The van der Waals surface area contributed by atoms with Crippen LogP contribution in [0.2, 0.25) is 5.02 Å². The molecule has 0 bridgehead atoms. The maximum Gasteiger partial charge on any atom is 0.335 e. The summed E-state index contributed by atoms with van der Waals surface area (Å²) < 4.78 is 47.5. The number of piperazine rings is 1. The number of carboxylic acids is 1. The lowest BCUT2D eigenvalue weighted by Gasteiger charge is -2.44. The topological polar surface area (TPSA) is 108 Å². The number of hydrogen-bond donors (Lipinski definition) is 1. The number of halogens is 2. The van der Waals surface area contributed by atoms with E-state index in [0.29, 0.717) is 79.3 Å². The number of carbonyl (C=O) groups is 1. The summed E-state index contributed by atoms with van der Waals surface area (Å²) in [6, 6.07) is 13.5. The van der Waals surface area contributed by atoms with Crippen LogP contribution in [0.1, 0.15) is 41.5 Å². The van der Waals surface area contributed by atoms with Crippen molar-refractivity contribution in [2.75, 3.05) is 44.9 Å². The molecule has 13 heteroatoms. The van der Waals surface area contributed by atoms with Crippen LogP contribution >= 0.6 is 11.6 Å². The molecule has 4 aliphatic heterocycles. The fraction of sp³-hybridized carbons (Fsp3) is 0.429. The molecule has 252 valence electrons. The van der Waals surface area contributed by atoms with Crippen LogP contribution in [0, 0.1) is 5.82 Å². The summed E-state index contributed by atoms with van der Waals surface area (Å²) in [4.78, 5) is 21.7. The summed E-state index contributed by atoms with van der Waals surface area (Å²) in [7, 11) is 1.53. The zero-order chi connectivity index (χ0) is 33.2. The second-order valence-electron chi connectivity index (χ2n) is 12.8. The predicted octanol–water partition coefficient (Wildman–Crippen LogP) is 5.45. The van der Waals surface area contributed by atoms with Crippen molar-refractivity contribution in [3.05, 3.63) is 76.3 Å². The normalized spacial score (nSPS) is 25.2. The first-order valence-corrected chi connectivity index (χ1v) is 16.6. The summed E-state index contributed by atoms with van der Waals surface area (Å²) in [6.45, 7) is 5.98. The van der Waals surface area contributed by atoms with Crippen LogP contribution in [0.5, 0.6) is 17.2 Å². The van der Waals surface area contributed by atoms with Gasteiger partial charge in [-0.1, -0.05) is 17.7 Å². The maximum atomic E-state index is 15.0. The molecule has 3 fully saturated rings. The third-order valence-electron chi connectivity index (χ3n) is 9.93. The van der Waals surface area contributed by atoms with Crippen molar-refractivity contribution >= 4 is 34.3 Å². The lowest BCUT2D eigenvalue weighted by Crippen LogP contribution is -2.59. The number of methoxy groups -OCH3 is 1. The SMILES string of the molecule is COc1cc(C(=O)O)cc2c1nc(CN1CCN(c3cccc4c3O[C@](C)(c3ccc(Cl)cc3F)O4)[C@@H]3COC[C@@H]31)n2C[C@@H]1CCCO1. The van der Waals surface area contributed by atoms with E-state index in [1.165, 1.54) is 19.2 Å². The Morgan fingerprint density at radius 3 is 2.77 bits per heavy atom.